The highest BCUT2D eigenvalue weighted by atomic mass is 16.5. The smallest absolute Gasteiger partial charge is 0.250 e. The zero-order chi connectivity index (χ0) is 16.5. The van der Waals surface area contributed by atoms with Crippen LogP contribution in [-0.2, 0) is 16.1 Å². The number of ether oxygens (including phenoxy) is 3. The van der Waals surface area contributed by atoms with E-state index in [-0.39, 0.29) is 5.91 Å². The Hall–Kier alpha value is -1.79. The van der Waals surface area contributed by atoms with Crippen molar-refractivity contribution in [2.45, 2.75) is 32.4 Å². The number of amides is 1. The SMILES string of the molecule is CCCCOc1ccc(CNC(=O)C2CNCCO2)cc1OC. The summed E-state index contributed by atoms with van der Waals surface area (Å²) in [5, 5.41) is 6.03. The van der Waals surface area contributed by atoms with Gasteiger partial charge in [-0.2, -0.15) is 0 Å². The second-order valence-electron chi connectivity index (χ2n) is 5.47. The molecule has 1 unspecified atom stereocenters. The van der Waals surface area contributed by atoms with Crippen LogP contribution < -0.4 is 20.1 Å². The van der Waals surface area contributed by atoms with Crippen molar-refractivity contribution >= 4 is 5.91 Å². The van der Waals surface area contributed by atoms with Gasteiger partial charge in [-0.3, -0.25) is 4.79 Å². The summed E-state index contributed by atoms with van der Waals surface area (Å²) < 4.78 is 16.5. The molecule has 1 amide bonds. The predicted molar refractivity (Wildman–Crippen MR) is 87.9 cm³/mol. The van der Waals surface area contributed by atoms with Crippen LogP contribution in [0, 0.1) is 0 Å². The minimum Gasteiger partial charge on any atom is -0.493 e. The van der Waals surface area contributed by atoms with Crippen LogP contribution in [0.4, 0.5) is 0 Å². The van der Waals surface area contributed by atoms with Crippen molar-refractivity contribution in [1.82, 2.24) is 10.6 Å². The Kier molecular flexibility index (Phi) is 7.16. The highest BCUT2D eigenvalue weighted by Gasteiger charge is 2.21. The fraction of sp³-hybridized carbons (Fsp3) is 0.588. The minimum absolute atomic E-state index is 0.0977. The number of carbonyl (C=O) groups is 1. The summed E-state index contributed by atoms with van der Waals surface area (Å²) in [6.45, 7) is 5.15. The van der Waals surface area contributed by atoms with Crippen molar-refractivity contribution in [3.63, 3.8) is 0 Å². The molecule has 1 atom stereocenters. The van der Waals surface area contributed by atoms with Crippen molar-refractivity contribution < 1.29 is 19.0 Å². The summed E-state index contributed by atoms with van der Waals surface area (Å²) >= 11 is 0. The summed E-state index contributed by atoms with van der Waals surface area (Å²) in [5.74, 6) is 1.32. The monoisotopic (exact) mass is 322 g/mol. The Morgan fingerprint density at radius 2 is 2.30 bits per heavy atom. The van der Waals surface area contributed by atoms with Gasteiger partial charge in [0.25, 0.3) is 5.91 Å². The van der Waals surface area contributed by atoms with Crippen molar-refractivity contribution in [3.05, 3.63) is 23.8 Å². The van der Waals surface area contributed by atoms with Crippen molar-refractivity contribution in [1.29, 1.82) is 0 Å². The molecule has 0 aliphatic carbocycles. The minimum atomic E-state index is -0.415. The third-order valence-electron chi connectivity index (χ3n) is 3.67. The topological polar surface area (TPSA) is 68.8 Å². The number of morpholine rings is 1. The molecule has 0 spiro atoms. The van der Waals surface area contributed by atoms with E-state index in [0.29, 0.717) is 32.1 Å². The molecule has 23 heavy (non-hydrogen) atoms. The quantitative estimate of drug-likeness (QED) is 0.710. The molecule has 1 aromatic carbocycles. The summed E-state index contributed by atoms with van der Waals surface area (Å²) in [4.78, 5) is 12.0. The van der Waals surface area contributed by atoms with Gasteiger partial charge >= 0.3 is 0 Å². The second kappa shape index (κ2) is 9.37. The average Bonchev–Trinajstić information content (AvgIpc) is 2.61. The van der Waals surface area contributed by atoms with E-state index in [9.17, 15) is 4.79 Å². The molecule has 0 bridgehead atoms. The van der Waals surface area contributed by atoms with E-state index in [1.54, 1.807) is 7.11 Å². The number of carbonyl (C=O) groups excluding carboxylic acids is 1. The summed E-state index contributed by atoms with van der Waals surface area (Å²) in [6.07, 6.45) is 1.68. The lowest BCUT2D eigenvalue weighted by atomic mass is 10.2. The third kappa shape index (κ3) is 5.41. The van der Waals surface area contributed by atoms with E-state index in [2.05, 4.69) is 17.6 Å². The van der Waals surface area contributed by atoms with Gasteiger partial charge in [0, 0.05) is 19.6 Å². The van der Waals surface area contributed by atoms with Crippen LogP contribution in [0.25, 0.3) is 0 Å². The first-order chi connectivity index (χ1) is 11.2. The molecule has 6 nitrogen and oxygen atoms in total. The molecule has 2 rings (SSSR count). The van der Waals surface area contributed by atoms with Crippen LogP contribution in [0.2, 0.25) is 0 Å². The van der Waals surface area contributed by atoms with Gasteiger partial charge in [-0.15, -0.1) is 0 Å². The molecular weight excluding hydrogens is 296 g/mol. The summed E-state index contributed by atoms with van der Waals surface area (Å²) in [5.41, 5.74) is 0.960. The largest absolute Gasteiger partial charge is 0.493 e. The van der Waals surface area contributed by atoms with Crippen molar-refractivity contribution in [2.24, 2.45) is 0 Å². The van der Waals surface area contributed by atoms with Crippen molar-refractivity contribution in [3.8, 4) is 11.5 Å². The summed E-state index contributed by atoms with van der Waals surface area (Å²) in [7, 11) is 1.62. The van der Waals surface area contributed by atoms with Gasteiger partial charge in [0.1, 0.15) is 6.10 Å². The fourth-order valence-electron chi connectivity index (χ4n) is 2.30. The average molecular weight is 322 g/mol. The first kappa shape index (κ1) is 17.6. The zero-order valence-electron chi connectivity index (χ0n) is 13.9. The maximum Gasteiger partial charge on any atom is 0.250 e. The Labute approximate surface area is 137 Å². The Bertz CT molecular complexity index is 501. The Morgan fingerprint density at radius 1 is 1.43 bits per heavy atom. The van der Waals surface area contributed by atoms with Gasteiger partial charge < -0.3 is 24.8 Å². The molecule has 1 aliphatic rings. The number of hydrogen-bond acceptors (Lipinski definition) is 5. The zero-order valence-corrected chi connectivity index (χ0v) is 13.9. The Morgan fingerprint density at radius 3 is 3.00 bits per heavy atom. The van der Waals surface area contributed by atoms with E-state index in [4.69, 9.17) is 14.2 Å². The highest BCUT2D eigenvalue weighted by molar-refractivity contribution is 5.81. The number of methoxy groups -OCH3 is 1. The van der Waals surface area contributed by atoms with Crippen LogP contribution in [-0.4, -0.2) is 45.4 Å². The maximum atomic E-state index is 12.0. The molecule has 1 aromatic rings. The van der Waals surface area contributed by atoms with Gasteiger partial charge in [0.2, 0.25) is 0 Å². The van der Waals surface area contributed by atoms with E-state index >= 15 is 0 Å². The Balaban J connectivity index is 1.88. The molecule has 128 valence electrons. The molecule has 1 aliphatic heterocycles. The normalized spacial score (nSPS) is 17.6. The number of hydrogen-bond donors (Lipinski definition) is 2. The third-order valence-corrected chi connectivity index (χ3v) is 3.67. The number of nitrogens with one attached hydrogen (secondary N) is 2. The lowest BCUT2D eigenvalue weighted by molar-refractivity contribution is -0.134. The van der Waals surface area contributed by atoms with Gasteiger partial charge in [0.05, 0.1) is 20.3 Å². The number of benzene rings is 1. The number of unbranched alkanes of at least 4 members (excludes halogenated alkanes) is 1. The molecule has 1 fully saturated rings. The number of rotatable bonds is 8. The van der Waals surface area contributed by atoms with E-state index in [1.807, 2.05) is 18.2 Å². The van der Waals surface area contributed by atoms with E-state index < -0.39 is 6.10 Å². The molecule has 0 aromatic heterocycles. The molecular formula is C17H26N2O4. The van der Waals surface area contributed by atoms with Gasteiger partial charge in [-0.05, 0) is 24.1 Å². The molecule has 6 heteroatoms. The van der Waals surface area contributed by atoms with Crippen molar-refractivity contribution in [2.75, 3.05) is 33.4 Å². The van der Waals surface area contributed by atoms with Crippen LogP contribution >= 0.6 is 0 Å². The first-order valence-electron chi connectivity index (χ1n) is 8.14. The van der Waals surface area contributed by atoms with E-state index in [1.165, 1.54) is 0 Å². The van der Waals surface area contributed by atoms with Crippen LogP contribution in [0.1, 0.15) is 25.3 Å². The molecule has 1 saturated heterocycles. The standard InChI is InChI=1S/C17H26N2O4/c1-3-4-8-22-14-6-5-13(10-15(14)21-2)11-19-17(20)16-12-18-7-9-23-16/h5-6,10,16,18H,3-4,7-9,11-12H2,1-2H3,(H,19,20). The predicted octanol–water partition coefficient (Wildman–Crippen LogP) is 1.48. The fourth-order valence-corrected chi connectivity index (χ4v) is 2.30. The van der Waals surface area contributed by atoms with Gasteiger partial charge in [-0.25, -0.2) is 0 Å². The summed E-state index contributed by atoms with van der Waals surface area (Å²) in [6, 6.07) is 5.71. The molecule has 0 saturated carbocycles. The van der Waals surface area contributed by atoms with Crippen LogP contribution in [0.5, 0.6) is 11.5 Å². The lowest BCUT2D eigenvalue weighted by Gasteiger charge is -2.22. The van der Waals surface area contributed by atoms with Crippen LogP contribution in [0.15, 0.2) is 18.2 Å². The first-order valence-corrected chi connectivity index (χ1v) is 8.14. The van der Waals surface area contributed by atoms with E-state index in [0.717, 1.165) is 30.7 Å². The second-order valence-corrected chi connectivity index (χ2v) is 5.47. The van der Waals surface area contributed by atoms with Gasteiger partial charge in [-0.1, -0.05) is 19.4 Å². The lowest BCUT2D eigenvalue weighted by Crippen LogP contribution is -2.47. The maximum absolute atomic E-state index is 12.0. The van der Waals surface area contributed by atoms with Crippen LogP contribution in [0.3, 0.4) is 0 Å². The molecule has 0 radical (unpaired) electrons. The molecule has 2 N–H and O–H groups in total. The highest BCUT2D eigenvalue weighted by Crippen LogP contribution is 2.28. The van der Waals surface area contributed by atoms with Gasteiger partial charge in [0.15, 0.2) is 11.5 Å². The molecule has 1 heterocycles.